The molecule has 1 aliphatic heterocycles. The zero-order valence-electron chi connectivity index (χ0n) is 14.9. The molecule has 4 aromatic rings. The highest BCUT2D eigenvalue weighted by atomic mass is 32.2. The molecule has 28 heavy (non-hydrogen) atoms. The molecule has 0 radical (unpaired) electrons. The smallest absolute Gasteiger partial charge is 0.151 e. The molecule has 1 aromatic carbocycles. The van der Waals surface area contributed by atoms with Crippen molar-refractivity contribution >= 4 is 43.7 Å². The van der Waals surface area contributed by atoms with Gasteiger partial charge in [0.25, 0.3) is 0 Å². The van der Waals surface area contributed by atoms with Crippen LogP contribution in [-0.2, 0) is 15.7 Å². The van der Waals surface area contributed by atoms with Gasteiger partial charge in [0.15, 0.2) is 5.82 Å². The highest BCUT2D eigenvalue weighted by molar-refractivity contribution is 7.85. The molecule has 3 N–H and O–H groups in total. The SMILES string of the molecule is Nc1ncnn2c([C@H]3CC[C@@H](CNS(=O)c4cc5ccccc5s4)O3)ccc12. The van der Waals surface area contributed by atoms with E-state index in [0.717, 1.165) is 38.3 Å². The quantitative estimate of drug-likeness (QED) is 0.524. The van der Waals surface area contributed by atoms with Crippen LogP contribution in [0.15, 0.2) is 53.0 Å². The van der Waals surface area contributed by atoms with Crippen molar-refractivity contribution in [2.24, 2.45) is 0 Å². The van der Waals surface area contributed by atoms with Gasteiger partial charge in [-0.15, -0.1) is 11.3 Å². The first-order chi connectivity index (χ1) is 13.7. The van der Waals surface area contributed by atoms with E-state index in [4.69, 9.17) is 10.5 Å². The van der Waals surface area contributed by atoms with E-state index in [1.54, 1.807) is 15.9 Å². The fourth-order valence-corrected chi connectivity index (χ4v) is 5.84. The first kappa shape index (κ1) is 17.7. The number of nitrogens with two attached hydrogens (primary N) is 1. The molecule has 0 aliphatic carbocycles. The molecular weight excluding hydrogens is 394 g/mol. The van der Waals surface area contributed by atoms with E-state index in [2.05, 4.69) is 14.8 Å². The number of fused-ring (bicyclic) bond motifs is 2. The van der Waals surface area contributed by atoms with Crippen LogP contribution in [0.5, 0.6) is 0 Å². The Morgan fingerprint density at radius 3 is 3.07 bits per heavy atom. The summed E-state index contributed by atoms with van der Waals surface area (Å²) in [5, 5.41) is 5.41. The van der Waals surface area contributed by atoms with E-state index in [1.807, 2.05) is 42.5 Å². The molecule has 4 heterocycles. The molecule has 0 saturated carbocycles. The van der Waals surface area contributed by atoms with E-state index in [1.165, 1.54) is 6.33 Å². The van der Waals surface area contributed by atoms with Crippen LogP contribution in [0.4, 0.5) is 5.82 Å². The van der Waals surface area contributed by atoms with Crippen molar-refractivity contribution in [1.29, 1.82) is 0 Å². The molecule has 0 amide bonds. The van der Waals surface area contributed by atoms with E-state index in [0.29, 0.717) is 12.4 Å². The third-order valence-corrected chi connectivity index (χ3v) is 7.50. The van der Waals surface area contributed by atoms with Gasteiger partial charge in [-0.3, -0.25) is 0 Å². The Labute approximate surface area is 168 Å². The normalized spacial score (nSPS) is 20.9. The summed E-state index contributed by atoms with van der Waals surface area (Å²) >= 11 is 1.56. The summed E-state index contributed by atoms with van der Waals surface area (Å²) < 4.78 is 25.7. The van der Waals surface area contributed by atoms with Crippen molar-refractivity contribution in [3.05, 3.63) is 54.5 Å². The molecular formula is C19H19N5O2S2. The van der Waals surface area contributed by atoms with Gasteiger partial charge >= 0.3 is 0 Å². The summed E-state index contributed by atoms with van der Waals surface area (Å²) in [5.41, 5.74) is 7.66. The van der Waals surface area contributed by atoms with Crippen molar-refractivity contribution in [1.82, 2.24) is 19.3 Å². The number of aromatic nitrogens is 3. The lowest BCUT2D eigenvalue weighted by molar-refractivity contribution is 0.0447. The number of hydrogen-bond acceptors (Lipinski definition) is 6. The lowest BCUT2D eigenvalue weighted by Crippen LogP contribution is -2.27. The molecule has 1 unspecified atom stereocenters. The minimum atomic E-state index is -1.24. The Bertz CT molecular complexity index is 1140. The minimum absolute atomic E-state index is 0.00747. The maximum atomic E-state index is 12.6. The van der Waals surface area contributed by atoms with E-state index in [-0.39, 0.29) is 12.2 Å². The van der Waals surface area contributed by atoms with Crippen LogP contribution >= 0.6 is 11.3 Å². The highest BCUT2D eigenvalue weighted by Gasteiger charge is 2.29. The van der Waals surface area contributed by atoms with Gasteiger partial charge < -0.3 is 10.5 Å². The van der Waals surface area contributed by atoms with E-state index < -0.39 is 11.0 Å². The Hall–Kier alpha value is -2.33. The number of hydrogen-bond donors (Lipinski definition) is 2. The number of benzene rings is 1. The van der Waals surface area contributed by atoms with Gasteiger partial charge in [0.2, 0.25) is 0 Å². The molecule has 144 valence electrons. The largest absolute Gasteiger partial charge is 0.382 e. The molecule has 3 aromatic heterocycles. The van der Waals surface area contributed by atoms with Crippen molar-refractivity contribution in [3.63, 3.8) is 0 Å². The summed E-state index contributed by atoms with van der Waals surface area (Å²) in [7, 11) is -1.24. The molecule has 7 nitrogen and oxygen atoms in total. The van der Waals surface area contributed by atoms with E-state index >= 15 is 0 Å². The topological polar surface area (TPSA) is 94.5 Å². The van der Waals surface area contributed by atoms with Crippen LogP contribution in [0.1, 0.15) is 24.6 Å². The minimum Gasteiger partial charge on any atom is -0.382 e. The molecule has 5 rings (SSSR count). The number of thiophene rings is 1. The first-order valence-electron chi connectivity index (χ1n) is 9.06. The van der Waals surface area contributed by atoms with Crippen LogP contribution < -0.4 is 10.5 Å². The second-order valence-corrected chi connectivity index (χ2v) is 9.35. The summed E-state index contributed by atoms with van der Waals surface area (Å²) in [4.78, 5) is 4.02. The number of anilines is 1. The molecule has 1 aliphatic rings. The predicted octanol–water partition coefficient (Wildman–Crippen LogP) is 3.06. The summed E-state index contributed by atoms with van der Waals surface area (Å²) in [5.74, 6) is 0.455. The zero-order valence-corrected chi connectivity index (χ0v) is 16.6. The highest BCUT2D eigenvalue weighted by Crippen LogP contribution is 2.34. The van der Waals surface area contributed by atoms with Gasteiger partial charge in [-0.05, 0) is 42.5 Å². The number of rotatable bonds is 5. The Balaban J connectivity index is 1.24. The van der Waals surface area contributed by atoms with Crippen molar-refractivity contribution in [2.45, 2.75) is 29.3 Å². The van der Waals surface area contributed by atoms with Gasteiger partial charge in [-0.25, -0.2) is 18.4 Å². The van der Waals surface area contributed by atoms with Crippen molar-refractivity contribution in [3.8, 4) is 0 Å². The lowest BCUT2D eigenvalue weighted by Gasteiger charge is -2.14. The van der Waals surface area contributed by atoms with Gasteiger partial charge in [0, 0.05) is 11.2 Å². The number of ether oxygens (including phenoxy) is 1. The van der Waals surface area contributed by atoms with Crippen LogP contribution in [0.25, 0.3) is 15.6 Å². The molecule has 3 atom stereocenters. The van der Waals surface area contributed by atoms with Gasteiger partial charge in [-0.2, -0.15) is 5.10 Å². The predicted molar refractivity (Wildman–Crippen MR) is 110 cm³/mol. The van der Waals surface area contributed by atoms with Crippen molar-refractivity contribution in [2.75, 3.05) is 12.3 Å². The summed E-state index contributed by atoms with van der Waals surface area (Å²) in [6.45, 7) is 0.539. The Morgan fingerprint density at radius 2 is 2.18 bits per heavy atom. The summed E-state index contributed by atoms with van der Waals surface area (Å²) in [6, 6.07) is 13.9. The van der Waals surface area contributed by atoms with Crippen LogP contribution in [-0.4, -0.2) is 31.5 Å². The first-order valence-corrected chi connectivity index (χ1v) is 11.0. The lowest BCUT2D eigenvalue weighted by atomic mass is 10.1. The molecule has 1 fully saturated rings. The Kier molecular flexibility index (Phi) is 4.59. The fraction of sp³-hybridized carbons (Fsp3) is 0.263. The fourth-order valence-electron chi connectivity index (χ4n) is 3.58. The third kappa shape index (κ3) is 3.20. The second kappa shape index (κ2) is 7.25. The van der Waals surface area contributed by atoms with Crippen LogP contribution in [0.2, 0.25) is 0 Å². The third-order valence-electron chi connectivity index (χ3n) is 4.98. The zero-order chi connectivity index (χ0) is 19.1. The average molecular weight is 414 g/mol. The van der Waals surface area contributed by atoms with Crippen LogP contribution in [0, 0.1) is 0 Å². The number of nitrogens with zero attached hydrogens (tertiary/aromatic N) is 3. The van der Waals surface area contributed by atoms with Crippen LogP contribution in [0.3, 0.4) is 0 Å². The monoisotopic (exact) mass is 413 g/mol. The number of nitrogen functional groups attached to an aromatic ring is 1. The van der Waals surface area contributed by atoms with Gasteiger partial charge in [-0.1, -0.05) is 18.2 Å². The Morgan fingerprint density at radius 1 is 1.29 bits per heavy atom. The average Bonchev–Trinajstić information content (AvgIpc) is 3.43. The molecule has 9 heteroatoms. The van der Waals surface area contributed by atoms with Gasteiger partial charge in [0.1, 0.15) is 33.1 Å². The van der Waals surface area contributed by atoms with Gasteiger partial charge in [0.05, 0.1) is 11.8 Å². The standard InChI is InChI=1S/C19H19N5O2S2/c20-19-15-7-6-14(24(15)22-11-21-19)16-8-5-13(26-16)10-23-28(25)18-9-12-3-1-2-4-17(12)27-18/h1-4,6-7,9,11,13,16,23H,5,8,10H2,(H2,20,21,22)/t13-,16+,28?/m0/s1. The molecule has 0 bridgehead atoms. The number of nitrogens with one attached hydrogen (secondary N) is 1. The molecule has 1 saturated heterocycles. The molecule has 0 spiro atoms. The maximum absolute atomic E-state index is 12.6. The van der Waals surface area contributed by atoms with E-state index in [9.17, 15) is 4.21 Å². The van der Waals surface area contributed by atoms with Crippen molar-refractivity contribution < 1.29 is 8.95 Å². The maximum Gasteiger partial charge on any atom is 0.151 e. The summed E-state index contributed by atoms with van der Waals surface area (Å²) in [6.07, 6.45) is 3.19. The second-order valence-electron chi connectivity index (χ2n) is 6.75.